The Morgan fingerprint density at radius 2 is 1.80 bits per heavy atom. The molecule has 0 aromatic heterocycles. The first kappa shape index (κ1) is 14.9. The van der Waals surface area contributed by atoms with Gasteiger partial charge in [0.05, 0.1) is 0 Å². The monoisotopic (exact) mass is 215 g/mol. The molecule has 1 heterocycles. The second kappa shape index (κ2) is 10.4. The lowest BCUT2D eigenvalue weighted by Crippen LogP contribution is -2.19. The fourth-order valence-corrected chi connectivity index (χ4v) is 1.82. The molecule has 1 aliphatic heterocycles. The molecule has 15 heavy (non-hydrogen) atoms. The SMILES string of the molecule is CC(C)CCCO.CCCN1CCCC1. The zero-order valence-electron chi connectivity index (χ0n) is 10.8. The van der Waals surface area contributed by atoms with Crippen LogP contribution in [0.15, 0.2) is 0 Å². The highest BCUT2D eigenvalue weighted by atomic mass is 16.2. The van der Waals surface area contributed by atoms with Crippen molar-refractivity contribution < 1.29 is 5.11 Å². The van der Waals surface area contributed by atoms with Crippen LogP contribution >= 0.6 is 0 Å². The van der Waals surface area contributed by atoms with Gasteiger partial charge in [-0.2, -0.15) is 0 Å². The molecule has 0 aliphatic carbocycles. The van der Waals surface area contributed by atoms with Crippen LogP contribution < -0.4 is 0 Å². The number of aliphatic hydroxyl groups is 1. The molecular formula is C13H29NO. The Kier molecular flexibility index (Phi) is 10.4. The van der Waals surface area contributed by atoms with E-state index in [-0.39, 0.29) is 0 Å². The van der Waals surface area contributed by atoms with Gasteiger partial charge in [-0.1, -0.05) is 20.8 Å². The van der Waals surface area contributed by atoms with E-state index >= 15 is 0 Å². The first-order valence-corrected chi connectivity index (χ1v) is 6.53. The first-order valence-electron chi connectivity index (χ1n) is 6.53. The highest BCUT2D eigenvalue weighted by molar-refractivity contribution is 4.64. The van der Waals surface area contributed by atoms with E-state index in [1.165, 1.54) is 38.9 Å². The van der Waals surface area contributed by atoms with E-state index in [0.717, 1.165) is 18.8 Å². The molecule has 0 bridgehead atoms. The van der Waals surface area contributed by atoms with Gasteiger partial charge in [-0.25, -0.2) is 0 Å². The van der Waals surface area contributed by atoms with E-state index in [1.807, 2.05) is 0 Å². The number of aliphatic hydroxyl groups excluding tert-OH is 1. The van der Waals surface area contributed by atoms with E-state index in [9.17, 15) is 0 Å². The minimum atomic E-state index is 0.345. The van der Waals surface area contributed by atoms with Gasteiger partial charge in [0.2, 0.25) is 0 Å². The highest BCUT2D eigenvalue weighted by Gasteiger charge is 2.08. The Hall–Kier alpha value is -0.0800. The van der Waals surface area contributed by atoms with Crippen LogP contribution in [0, 0.1) is 5.92 Å². The van der Waals surface area contributed by atoms with Crippen molar-refractivity contribution in [2.45, 2.75) is 52.9 Å². The van der Waals surface area contributed by atoms with E-state index in [4.69, 9.17) is 5.11 Å². The molecule has 0 aromatic rings. The van der Waals surface area contributed by atoms with Crippen LogP contribution in [0.3, 0.4) is 0 Å². The minimum Gasteiger partial charge on any atom is -0.396 e. The summed E-state index contributed by atoms with van der Waals surface area (Å²) >= 11 is 0. The van der Waals surface area contributed by atoms with Gasteiger partial charge in [-0.15, -0.1) is 0 Å². The van der Waals surface area contributed by atoms with Gasteiger partial charge < -0.3 is 10.0 Å². The molecule has 1 fully saturated rings. The van der Waals surface area contributed by atoms with Gasteiger partial charge in [-0.05, 0) is 57.7 Å². The van der Waals surface area contributed by atoms with Crippen LogP contribution in [-0.4, -0.2) is 36.2 Å². The van der Waals surface area contributed by atoms with Crippen molar-refractivity contribution in [1.29, 1.82) is 0 Å². The van der Waals surface area contributed by atoms with Crippen molar-refractivity contribution in [3.63, 3.8) is 0 Å². The summed E-state index contributed by atoms with van der Waals surface area (Å²) in [5.41, 5.74) is 0. The van der Waals surface area contributed by atoms with Crippen LogP contribution in [0.1, 0.15) is 52.9 Å². The zero-order valence-corrected chi connectivity index (χ0v) is 10.8. The predicted molar refractivity (Wildman–Crippen MR) is 67.1 cm³/mol. The third kappa shape index (κ3) is 10.2. The molecule has 92 valence electrons. The molecule has 1 N–H and O–H groups in total. The Morgan fingerprint density at radius 3 is 2.13 bits per heavy atom. The standard InChI is InChI=1S/C7H15N.C6H14O/c1-2-5-8-6-3-4-7-8;1-6(2)4-3-5-7/h2-7H2,1H3;6-7H,3-5H2,1-2H3. The van der Waals surface area contributed by atoms with Gasteiger partial charge in [0.25, 0.3) is 0 Å². The summed E-state index contributed by atoms with van der Waals surface area (Å²) in [4.78, 5) is 2.54. The predicted octanol–water partition coefficient (Wildman–Crippen LogP) is 2.91. The lowest BCUT2D eigenvalue weighted by Gasteiger charge is -2.11. The van der Waals surface area contributed by atoms with E-state index < -0.39 is 0 Å². The third-order valence-electron chi connectivity index (χ3n) is 2.68. The normalized spacial score (nSPS) is 16.6. The summed E-state index contributed by atoms with van der Waals surface area (Å²) in [6.07, 6.45) is 6.29. The van der Waals surface area contributed by atoms with Gasteiger partial charge in [0, 0.05) is 6.61 Å². The minimum absolute atomic E-state index is 0.345. The zero-order chi connectivity index (χ0) is 11.5. The summed E-state index contributed by atoms with van der Waals surface area (Å²) in [5, 5.41) is 8.32. The quantitative estimate of drug-likeness (QED) is 0.762. The van der Waals surface area contributed by atoms with Crippen LogP contribution in [0.5, 0.6) is 0 Å². The molecule has 0 spiro atoms. The summed E-state index contributed by atoms with van der Waals surface area (Å²) in [6.45, 7) is 10.9. The summed E-state index contributed by atoms with van der Waals surface area (Å²) in [6, 6.07) is 0. The molecule has 0 aromatic carbocycles. The Bertz CT molecular complexity index is 120. The Morgan fingerprint density at radius 1 is 1.20 bits per heavy atom. The first-order chi connectivity index (χ1) is 7.20. The topological polar surface area (TPSA) is 23.5 Å². The smallest absolute Gasteiger partial charge is 0.0431 e. The van der Waals surface area contributed by atoms with Crippen LogP contribution in [0.25, 0.3) is 0 Å². The van der Waals surface area contributed by atoms with Crippen molar-refractivity contribution in [2.24, 2.45) is 5.92 Å². The largest absolute Gasteiger partial charge is 0.396 e. The van der Waals surface area contributed by atoms with Crippen molar-refractivity contribution in [1.82, 2.24) is 4.90 Å². The number of nitrogens with zero attached hydrogens (tertiary/aromatic N) is 1. The van der Waals surface area contributed by atoms with E-state index in [1.54, 1.807) is 0 Å². The maximum Gasteiger partial charge on any atom is 0.0431 e. The molecule has 2 heteroatoms. The second-order valence-corrected chi connectivity index (χ2v) is 4.81. The van der Waals surface area contributed by atoms with Crippen molar-refractivity contribution in [3.8, 4) is 0 Å². The van der Waals surface area contributed by atoms with Crippen LogP contribution in [0.2, 0.25) is 0 Å². The summed E-state index contributed by atoms with van der Waals surface area (Å²) in [7, 11) is 0. The van der Waals surface area contributed by atoms with Crippen molar-refractivity contribution in [2.75, 3.05) is 26.2 Å². The fourth-order valence-electron chi connectivity index (χ4n) is 1.82. The molecule has 1 saturated heterocycles. The number of rotatable bonds is 5. The molecule has 2 nitrogen and oxygen atoms in total. The lowest BCUT2D eigenvalue weighted by atomic mass is 10.1. The number of hydrogen-bond donors (Lipinski definition) is 1. The summed E-state index contributed by atoms with van der Waals surface area (Å²) in [5.74, 6) is 0.743. The molecule has 1 aliphatic rings. The van der Waals surface area contributed by atoms with Crippen LogP contribution in [0.4, 0.5) is 0 Å². The average Bonchev–Trinajstić information content (AvgIpc) is 2.69. The molecule has 1 rings (SSSR count). The second-order valence-electron chi connectivity index (χ2n) is 4.81. The Balaban J connectivity index is 0.000000265. The fraction of sp³-hybridized carbons (Fsp3) is 1.00. The molecule has 0 amide bonds. The van der Waals surface area contributed by atoms with Crippen molar-refractivity contribution in [3.05, 3.63) is 0 Å². The van der Waals surface area contributed by atoms with Gasteiger partial charge in [0.15, 0.2) is 0 Å². The lowest BCUT2D eigenvalue weighted by molar-refractivity contribution is 0.276. The maximum atomic E-state index is 8.32. The summed E-state index contributed by atoms with van der Waals surface area (Å²) < 4.78 is 0. The number of likely N-dealkylation sites (tertiary alicyclic amines) is 1. The van der Waals surface area contributed by atoms with Gasteiger partial charge in [0.1, 0.15) is 0 Å². The van der Waals surface area contributed by atoms with Gasteiger partial charge >= 0.3 is 0 Å². The molecule has 0 unspecified atom stereocenters. The van der Waals surface area contributed by atoms with Crippen molar-refractivity contribution >= 4 is 0 Å². The van der Waals surface area contributed by atoms with Gasteiger partial charge in [-0.3, -0.25) is 0 Å². The Labute approximate surface area is 95.7 Å². The maximum absolute atomic E-state index is 8.32. The van der Waals surface area contributed by atoms with Crippen LogP contribution in [-0.2, 0) is 0 Å². The van der Waals surface area contributed by atoms with E-state index in [0.29, 0.717) is 6.61 Å². The number of hydrogen-bond acceptors (Lipinski definition) is 2. The molecule has 0 radical (unpaired) electrons. The molecular weight excluding hydrogens is 186 g/mol. The molecule has 0 saturated carbocycles. The van der Waals surface area contributed by atoms with E-state index in [2.05, 4.69) is 25.7 Å². The molecule has 0 atom stereocenters. The highest BCUT2D eigenvalue weighted by Crippen LogP contribution is 2.06. The average molecular weight is 215 g/mol. The third-order valence-corrected chi connectivity index (χ3v) is 2.68.